The van der Waals surface area contributed by atoms with Crippen LogP contribution >= 0.6 is 0 Å². The summed E-state index contributed by atoms with van der Waals surface area (Å²) in [5.41, 5.74) is 1.68. The molecule has 0 aromatic heterocycles. The second kappa shape index (κ2) is 2.54. The average Bonchev–Trinajstić information content (AvgIpc) is 2.11. The normalized spacial score (nSPS) is 25.7. The molecule has 0 aromatic carbocycles. The van der Waals surface area contributed by atoms with Gasteiger partial charge in [-0.05, 0) is 24.8 Å². The monoisotopic (exact) mass is 154 g/mol. The van der Waals surface area contributed by atoms with Gasteiger partial charge in [0, 0.05) is 6.42 Å². The van der Waals surface area contributed by atoms with Crippen LogP contribution in [-0.2, 0) is 4.74 Å². The van der Waals surface area contributed by atoms with Gasteiger partial charge in [-0.1, -0.05) is 20.8 Å². The van der Waals surface area contributed by atoms with Crippen LogP contribution in [0.3, 0.4) is 0 Å². The molecule has 64 valence electrons. The first-order valence-electron chi connectivity index (χ1n) is 4.24. The van der Waals surface area contributed by atoms with E-state index in [1.54, 1.807) is 0 Å². The molecule has 0 radical (unpaired) electrons. The summed E-state index contributed by atoms with van der Waals surface area (Å²) in [5, 5.41) is 0. The number of allylic oxidation sites excluding steroid dienone is 1. The molecule has 1 unspecified atom stereocenters. The highest BCUT2D eigenvalue weighted by atomic mass is 16.5. The van der Waals surface area contributed by atoms with Crippen LogP contribution in [0.15, 0.2) is 11.3 Å². The van der Waals surface area contributed by atoms with Gasteiger partial charge in [-0.2, -0.15) is 0 Å². The largest absolute Gasteiger partial charge is 0.494 e. The van der Waals surface area contributed by atoms with Crippen LogP contribution in [0.25, 0.3) is 0 Å². The lowest BCUT2D eigenvalue weighted by Gasteiger charge is -2.26. The van der Waals surface area contributed by atoms with Crippen molar-refractivity contribution in [3.63, 3.8) is 0 Å². The van der Waals surface area contributed by atoms with Crippen molar-refractivity contribution in [2.24, 2.45) is 5.41 Å². The molecule has 1 heterocycles. The highest BCUT2D eigenvalue weighted by Gasteiger charge is 2.31. The number of hydrogen-bond donors (Lipinski definition) is 0. The molecule has 1 rings (SSSR count). The maximum atomic E-state index is 5.72. The van der Waals surface area contributed by atoms with Gasteiger partial charge in [0.1, 0.15) is 6.10 Å². The standard InChI is InChI=1S/C10H18O/c1-7-6-9(10(3,4)5)11-8(7)2/h9H,6H2,1-5H3. The van der Waals surface area contributed by atoms with Crippen molar-refractivity contribution in [1.82, 2.24) is 0 Å². The Balaban J connectivity index is 2.62. The van der Waals surface area contributed by atoms with E-state index in [1.807, 2.05) is 0 Å². The van der Waals surface area contributed by atoms with E-state index < -0.39 is 0 Å². The van der Waals surface area contributed by atoms with Gasteiger partial charge in [0.15, 0.2) is 0 Å². The topological polar surface area (TPSA) is 9.23 Å². The third kappa shape index (κ3) is 1.76. The fraction of sp³-hybridized carbons (Fsp3) is 0.800. The molecule has 1 nitrogen and oxygen atoms in total. The molecule has 1 aliphatic heterocycles. The first kappa shape index (κ1) is 8.63. The Morgan fingerprint density at radius 2 is 1.82 bits per heavy atom. The number of ether oxygens (including phenoxy) is 1. The van der Waals surface area contributed by atoms with E-state index in [1.165, 1.54) is 5.57 Å². The highest BCUT2D eigenvalue weighted by Crippen LogP contribution is 2.35. The predicted octanol–water partition coefficient (Wildman–Crippen LogP) is 3.12. The third-order valence-electron chi connectivity index (χ3n) is 2.38. The fourth-order valence-electron chi connectivity index (χ4n) is 1.26. The minimum atomic E-state index is 0.277. The quantitative estimate of drug-likeness (QED) is 0.521. The van der Waals surface area contributed by atoms with Crippen molar-refractivity contribution in [3.8, 4) is 0 Å². The summed E-state index contributed by atoms with van der Waals surface area (Å²) in [7, 11) is 0. The number of hydrogen-bond acceptors (Lipinski definition) is 1. The maximum Gasteiger partial charge on any atom is 0.107 e. The minimum absolute atomic E-state index is 0.277. The highest BCUT2D eigenvalue weighted by molar-refractivity contribution is 5.11. The van der Waals surface area contributed by atoms with Crippen molar-refractivity contribution in [2.75, 3.05) is 0 Å². The van der Waals surface area contributed by atoms with E-state index in [0.717, 1.165) is 12.2 Å². The zero-order valence-corrected chi connectivity index (χ0v) is 8.19. The molecule has 0 saturated heterocycles. The van der Waals surface area contributed by atoms with Gasteiger partial charge in [-0.25, -0.2) is 0 Å². The van der Waals surface area contributed by atoms with Crippen LogP contribution in [0.5, 0.6) is 0 Å². The van der Waals surface area contributed by atoms with Crippen molar-refractivity contribution >= 4 is 0 Å². The Kier molecular flexibility index (Phi) is 2.00. The summed E-state index contributed by atoms with van der Waals surface area (Å²) in [6.45, 7) is 10.9. The molecule has 0 amide bonds. The average molecular weight is 154 g/mol. The zero-order valence-electron chi connectivity index (χ0n) is 8.19. The van der Waals surface area contributed by atoms with Gasteiger partial charge in [-0.15, -0.1) is 0 Å². The summed E-state index contributed by atoms with van der Waals surface area (Å²) < 4.78 is 5.72. The molecule has 1 aliphatic rings. The summed E-state index contributed by atoms with van der Waals surface area (Å²) >= 11 is 0. The van der Waals surface area contributed by atoms with Crippen LogP contribution in [-0.4, -0.2) is 6.10 Å². The maximum absolute atomic E-state index is 5.72. The summed E-state index contributed by atoms with van der Waals surface area (Å²) in [6.07, 6.45) is 1.50. The Morgan fingerprint density at radius 3 is 2.00 bits per heavy atom. The third-order valence-corrected chi connectivity index (χ3v) is 2.38. The second-order valence-corrected chi connectivity index (χ2v) is 4.51. The molecule has 11 heavy (non-hydrogen) atoms. The van der Waals surface area contributed by atoms with E-state index in [0.29, 0.717) is 6.10 Å². The van der Waals surface area contributed by atoms with Crippen molar-refractivity contribution < 1.29 is 4.74 Å². The van der Waals surface area contributed by atoms with Crippen molar-refractivity contribution in [2.45, 2.75) is 47.1 Å². The molecular weight excluding hydrogens is 136 g/mol. The van der Waals surface area contributed by atoms with Crippen molar-refractivity contribution in [3.05, 3.63) is 11.3 Å². The molecule has 0 aromatic rings. The minimum Gasteiger partial charge on any atom is -0.494 e. The van der Waals surface area contributed by atoms with E-state index >= 15 is 0 Å². The van der Waals surface area contributed by atoms with Gasteiger partial charge < -0.3 is 4.74 Å². The molecule has 1 heteroatoms. The Bertz CT molecular complexity index is 170. The van der Waals surface area contributed by atoms with Crippen LogP contribution < -0.4 is 0 Å². The van der Waals surface area contributed by atoms with E-state index in [9.17, 15) is 0 Å². The zero-order chi connectivity index (χ0) is 8.65. The van der Waals surface area contributed by atoms with E-state index in [2.05, 4.69) is 34.6 Å². The van der Waals surface area contributed by atoms with Gasteiger partial charge in [0.25, 0.3) is 0 Å². The molecule has 0 fully saturated rings. The molecule has 0 N–H and O–H groups in total. The Labute approximate surface area is 69.4 Å². The predicted molar refractivity (Wildman–Crippen MR) is 47.3 cm³/mol. The molecule has 1 atom stereocenters. The lowest BCUT2D eigenvalue weighted by Crippen LogP contribution is -2.25. The lowest BCUT2D eigenvalue weighted by molar-refractivity contribution is 0.0500. The second-order valence-electron chi connectivity index (χ2n) is 4.51. The molecule has 0 saturated carbocycles. The first-order valence-corrected chi connectivity index (χ1v) is 4.24. The Hall–Kier alpha value is -0.460. The summed E-state index contributed by atoms with van der Waals surface area (Å²) in [5.74, 6) is 1.13. The molecule has 0 spiro atoms. The Morgan fingerprint density at radius 1 is 1.27 bits per heavy atom. The van der Waals surface area contributed by atoms with Crippen LogP contribution in [0.1, 0.15) is 41.0 Å². The molecular formula is C10H18O. The van der Waals surface area contributed by atoms with Crippen LogP contribution in [0, 0.1) is 5.41 Å². The summed E-state index contributed by atoms with van der Waals surface area (Å²) in [6, 6.07) is 0. The molecule has 0 bridgehead atoms. The van der Waals surface area contributed by atoms with Gasteiger partial charge in [-0.3, -0.25) is 0 Å². The molecule has 0 aliphatic carbocycles. The smallest absolute Gasteiger partial charge is 0.107 e. The van der Waals surface area contributed by atoms with E-state index in [4.69, 9.17) is 4.74 Å². The van der Waals surface area contributed by atoms with Gasteiger partial charge >= 0.3 is 0 Å². The number of rotatable bonds is 0. The SMILES string of the molecule is CC1=C(C)OC(C(C)(C)C)C1. The lowest BCUT2D eigenvalue weighted by atomic mass is 9.86. The fourth-order valence-corrected chi connectivity index (χ4v) is 1.26. The first-order chi connectivity index (χ1) is 4.91. The van der Waals surface area contributed by atoms with E-state index in [-0.39, 0.29) is 5.41 Å². The van der Waals surface area contributed by atoms with Gasteiger partial charge in [0.2, 0.25) is 0 Å². The van der Waals surface area contributed by atoms with Crippen LogP contribution in [0.2, 0.25) is 0 Å². The summed E-state index contributed by atoms with van der Waals surface area (Å²) in [4.78, 5) is 0. The van der Waals surface area contributed by atoms with Crippen LogP contribution in [0.4, 0.5) is 0 Å². The van der Waals surface area contributed by atoms with Crippen molar-refractivity contribution in [1.29, 1.82) is 0 Å². The van der Waals surface area contributed by atoms with Gasteiger partial charge in [0.05, 0.1) is 5.76 Å².